The van der Waals surface area contributed by atoms with Crippen LogP contribution in [-0.4, -0.2) is 64.9 Å². The lowest BCUT2D eigenvalue weighted by atomic mass is 10.1. The summed E-state index contributed by atoms with van der Waals surface area (Å²) in [6, 6.07) is 10.1. The number of pyridine rings is 1. The van der Waals surface area contributed by atoms with Crippen LogP contribution in [0.4, 0.5) is 5.69 Å². The number of phenolic OH excluding ortho intramolecular Hbond substituents is 2. The number of piperazine rings is 1. The molecule has 1 saturated heterocycles. The SMILES string of the molecule is Nc1ccc(O)c(C(=O)N2CCN(S(=O)(=O)c3ccc(O)c4ncccc34)CC2)c1. The highest BCUT2D eigenvalue weighted by Gasteiger charge is 2.32. The fourth-order valence-electron chi connectivity index (χ4n) is 3.52. The Bertz CT molecular complexity index is 1240. The van der Waals surface area contributed by atoms with Crippen molar-refractivity contribution in [1.29, 1.82) is 0 Å². The third-order valence-electron chi connectivity index (χ3n) is 5.10. The Morgan fingerprint density at radius 3 is 2.43 bits per heavy atom. The molecule has 30 heavy (non-hydrogen) atoms. The fraction of sp³-hybridized carbons (Fsp3) is 0.200. The summed E-state index contributed by atoms with van der Waals surface area (Å²) in [4.78, 5) is 18.3. The number of sulfonamides is 1. The summed E-state index contributed by atoms with van der Waals surface area (Å²) in [6.45, 7) is 0.528. The lowest BCUT2D eigenvalue weighted by Crippen LogP contribution is -2.50. The molecule has 9 nitrogen and oxygen atoms in total. The van der Waals surface area contributed by atoms with Gasteiger partial charge >= 0.3 is 0 Å². The molecule has 1 aromatic heterocycles. The molecule has 1 fully saturated rings. The molecule has 0 atom stereocenters. The van der Waals surface area contributed by atoms with Crippen LogP contribution >= 0.6 is 0 Å². The standard InChI is InChI=1S/C20H20N4O5S/c21-13-3-4-16(25)15(12-13)20(27)23-8-10-24(11-9-23)30(28,29)18-6-5-17(26)19-14(18)2-1-7-22-19/h1-7,12,25-26H,8-11,21H2. The van der Waals surface area contributed by atoms with Crippen molar-refractivity contribution in [1.82, 2.24) is 14.2 Å². The smallest absolute Gasteiger partial charge is 0.257 e. The molecular formula is C20H20N4O5S. The van der Waals surface area contributed by atoms with E-state index in [-0.39, 0.29) is 53.7 Å². The maximum atomic E-state index is 13.2. The Balaban J connectivity index is 1.56. The summed E-state index contributed by atoms with van der Waals surface area (Å²) in [5.74, 6) is -0.676. The van der Waals surface area contributed by atoms with Crippen molar-refractivity contribution in [2.45, 2.75) is 4.90 Å². The van der Waals surface area contributed by atoms with Crippen molar-refractivity contribution < 1.29 is 23.4 Å². The van der Waals surface area contributed by atoms with Gasteiger partial charge in [0.2, 0.25) is 10.0 Å². The Morgan fingerprint density at radius 2 is 1.70 bits per heavy atom. The first-order chi connectivity index (χ1) is 14.3. The Kier molecular flexibility index (Phi) is 4.96. The van der Waals surface area contributed by atoms with Gasteiger partial charge in [-0.05, 0) is 42.5 Å². The normalized spacial score (nSPS) is 15.4. The summed E-state index contributed by atoms with van der Waals surface area (Å²) in [7, 11) is -3.86. The van der Waals surface area contributed by atoms with E-state index in [1.165, 1.54) is 45.7 Å². The number of rotatable bonds is 3. The predicted octanol–water partition coefficient (Wildman–Crippen LogP) is 1.37. The molecule has 4 rings (SSSR count). The molecular weight excluding hydrogens is 408 g/mol. The third kappa shape index (κ3) is 3.40. The van der Waals surface area contributed by atoms with Crippen LogP contribution in [-0.2, 0) is 10.0 Å². The molecule has 3 aromatic rings. The summed E-state index contributed by atoms with van der Waals surface area (Å²) in [5.41, 5.74) is 6.35. The number of fused-ring (bicyclic) bond motifs is 1. The third-order valence-corrected chi connectivity index (χ3v) is 7.06. The zero-order chi connectivity index (χ0) is 21.5. The van der Waals surface area contributed by atoms with E-state index in [0.29, 0.717) is 11.1 Å². The van der Waals surface area contributed by atoms with Crippen LogP contribution in [0, 0.1) is 0 Å². The van der Waals surface area contributed by atoms with Crippen molar-refractivity contribution in [2.24, 2.45) is 0 Å². The second-order valence-electron chi connectivity index (χ2n) is 6.96. The summed E-state index contributed by atoms with van der Waals surface area (Å²) in [6.07, 6.45) is 1.48. The predicted molar refractivity (Wildman–Crippen MR) is 111 cm³/mol. The highest BCUT2D eigenvalue weighted by Crippen LogP contribution is 2.31. The monoisotopic (exact) mass is 428 g/mol. The molecule has 0 saturated carbocycles. The fourth-order valence-corrected chi connectivity index (χ4v) is 5.13. The number of nitrogen functional groups attached to an aromatic ring is 1. The zero-order valence-electron chi connectivity index (χ0n) is 15.9. The topological polar surface area (TPSA) is 137 Å². The lowest BCUT2D eigenvalue weighted by Gasteiger charge is -2.34. The van der Waals surface area contributed by atoms with E-state index in [1.54, 1.807) is 12.1 Å². The molecule has 1 amide bonds. The molecule has 1 aliphatic rings. The van der Waals surface area contributed by atoms with Gasteiger partial charge in [-0.15, -0.1) is 0 Å². The summed E-state index contributed by atoms with van der Waals surface area (Å²) >= 11 is 0. The maximum Gasteiger partial charge on any atom is 0.257 e. The maximum absolute atomic E-state index is 13.2. The summed E-state index contributed by atoms with van der Waals surface area (Å²) < 4.78 is 27.7. The number of aromatic hydroxyl groups is 2. The van der Waals surface area contributed by atoms with E-state index < -0.39 is 15.9 Å². The van der Waals surface area contributed by atoms with Crippen molar-refractivity contribution in [3.8, 4) is 11.5 Å². The van der Waals surface area contributed by atoms with Gasteiger partial charge in [0, 0.05) is 43.4 Å². The molecule has 0 spiro atoms. The Labute approximate surface area is 173 Å². The molecule has 0 radical (unpaired) electrons. The van der Waals surface area contributed by atoms with E-state index in [2.05, 4.69) is 4.98 Å². The lowest BCUT2D eigenvalue weighted by molar-refractivity contribution is 0.0695. The van der Waals surface area contributed by atoms with Gasteiger partial charge in [-0.1, -0.05) is 0 Å². The largest absolute Gasteiger partial charge is 0.507 e. The quantitative estimate of drug-likeness (QED) is 0.423. The highest BCUT2D eigenvalue weighted by atomic mass is 32.2. The van der Waals surface area contributed by atoms with Gasteiger partial charge in [0.1, 0.15) is 17.0 Å². The Hall–Kier alpha value is -3.37. The van der Waals surface area contributed by atoms with Crippen LogP contribution in [0.25, 0.3) is 10.9 Å². The molecule has 2 aromatic carbocycles. The minimum atomic E-state index is -3.86. The molecule has 4 N–H and O–H groups in total. The van der Waals surface area contributed by atoms with E-state index in [4.69, 9.17) is 5.73 Å². The Morgan fingerprint density at radius 1 is 1.00 bits per heavy atom. The first kappa shape index (κ1) is 19.9. The number of nitrogens with zero attached hydrogens (tertiary/aromatic N) is 3. The van der Waals surface area contributed by atoms with Crippen molar-refractivity contribution in [3.63, 3.8) is 0 Å². The summed E-state index contributed by atoms with van der Waals surface area (Å²) in [5, 5.41) is 20.3. The van der Waals surface area contributed by atoms with Gasteiger partial charge in [0.25, 0.3) is 5.91 Å². The first-order valence-corrected chi connectivity index (χ1v) is 10.7. The van der Waals surface area contributed by atoms with Crippen LogP contribution in [0.5, 0.6) is 11.5 Å². The van der Waals surface area contributed by atoms with Crippen LogP contribution in [0.15, 0.2) is 53.6 Å². The van der Waals surface area contributed by atoms with Crippen molar-refractivity contribution in [3.05, 3.63) is 54.2 Å². The minimum absolute atomic E-state index is 0.0525. The van der Waals surface area contributed by atoms with E-state index in [0.717, 1.165) is 0 Å². The van der Waals surface area contributed by atoms with Crippen molar-refractivity contribution >= 4 is 32.5 Å². The van der Waals surface area contributed by atoms with Crippen LogP contribution in [0.2, 0.25) is 0 Å². The van der Waals surface area contributed by atoms with Crippen LogP contribution in [0.3, 0.4) is 0 Å². The average Bonchev–Trinajstić information content (AvgIpc) is 2.75. The van der Waals surface area contributed by atoms with E-state index >= 15 is 0 Å². The molecule has 0 aliphatic carbocycles. The second-order valence-corrected chi connectivity index (χ2v) is 8.86. The van der Waals surface area contributed by atoms with Crippen molar-refractivity contribution in [2.75, 3.05) is 31.9 Å². The van der Waals surface area contributed by atoms with Gasteiger partial charge in [-0.25, -0.2) is 8.42 Å². The van der Waals surface area contributed by atoms with Crippen LogP contribution < -0.4 is 5.73 Å². The number of nitrogens with two attached hydrogens (primary N) is 1. The number of carbonyl (C=O) groups excluding carboxylic acids is 1. The second kappa shape index (κ2) is 7.47. The number of carbonyl (C=O) groups is 1. The number of aromatic nitrogens is 1. The molecule has 2 heterocycles. The highest BCUT2D eigenvalue weighted by molar-refractivity contribution is 7.89. The molecule has 0 bridgehead atoms. The zero-order valence-corrected chi connectivity index (χ0v) is 16.7. The van der Waals surface area contributed by atoms with Gasteiger partial charge in [0.05, 0.1) is 10.5 Å². The van der Waals surface area contributed by atoms with Gasteiger partial charge in [0.15, 0.2) is 0 Å². The molecule has 1 aliphatic heterocycles. The number of anilines is 1. The van der Waals surface area contributed by atoms with Gasteiger partial charge in [-0.3, -0.25) is 9.78 Å². The minimum Gasteiger partial charge on any atom is -0.507 e. The number of phenols is 2. The number of hydrogen-bond donors (Lipinski definition) is 3. The number of benzene rings is 2. The molecule has 10 heteroatoms. The van der Waals surface area contributed by atoms with E-state index in [9.17, 15) is 23.4 Å². The average molecular weight is 428 g/mol. The first-order valence-electron chi connectivity index (χ1n) is 9.23. The van der Waals surface area contributed by atoms with Crippen LogP contribution in [0.1, 0.15) is 10.4 Å². The number of hydrogen-bond acceptors (Lipinski definition) is 7. The number of amides is 1. The molecule has 0 unspecified atom stereocenters. The molecule has 156 valence electrons. The van der Waals surface area contributed by atoms with Gasteiger partial charge in [-0.2, -0.15) is 4.31 Å². The van der Waals surface area contributed by atoms with Gasteiger partial charge < -0.3 is 20.8 Å². The van der Waals surface area contributed by atoms with E-state index in [1.807, 2.05) is 0 Å².